The van der Waals surface area contributed by atoms with Gasteiger partial charge in [0.2, 0.25) is 0 Å². The van der Waals surface area contributed by atoms with Crippen molar-refractivity contribution >= 4 is 17.7 Å². The lowest BCUT2D eigenvalue weighted by molar-refractivity contribution is -0.160. The van der Waals surface area contributed by atoms with E-state index in [1.807, 2.05) is 12.1 Å². The average molecular weight is 391 g/mol. The highest BCUT2D eigenvalue weighted by Gasteiger charge is 2.38. The van der Waals surface area contributed by atoms with Crippen molar-refractivity contribution in [3.8, 4) is 0 Å². The highest BCUT2D eigenvalue weighted by Crippen LogP contribution is 2.33. The third-order valence-corrected chi connectivity index (χ3v) is 4.96. The number of rotatable bonds is 5. The minimum atomic E-state index is -4.33. The maximum Gasteiger partial charge on any atom is 0.395 e. The summed E-state index contributed by atoms with van der Waals surface area (Å²) in [5, 5.41) is 3.06. The Morgan fingerprint density at radius 2 is 2.00 bits per heavy atom. The molecule has 2 aromatic heterocycles. The molecule has 0 saturated carbocycles. The number of amides is 1. The largest absolute Gasteiger partial charge is 0.395 e. The lowest BCUT2D eigenvalue weighted by Crippen LogP contribution is -2.28. The Labute approximate surface area is 158 Å². The second-order valence-electron chi connectivity index (χ2n) is 5.86. The van der Waals surface area contributed by atoms with E-state index in [1.54, 1.807) is 30.7 Å². The van der Waals surface area contributed by atoms with Crippen molar-refractivity contribution in [3.63, 3.8) is 0 Å². The van der Waals surface area contributed by atoms with Gasteiger partial charge in [0.05, 0.1) is 11.5 Å². The predicted molar refractivity (Wildman–Crippen MR) is 96.9 cm³/mol. The predicted octanol–water partition coefficient (Wildman–Crippen LogP) is 4.52. The SMILES string of the molecule is O=C(NC1=CC(C(F)(F)F)CC=C1)c1cccnc1SCc1ccncc1. The van der Waals surface area contributed by atoms with Gasteiger partial charge in [-0.1, -0.05) is 6.08 Å². The average Bonchev–Trinajstić information content (AvgIpc) is 2.67. The van der Waals surface area contributed by atoms with Crippen LogP contribution in [-0.2, 0) is 5.75 Å². The molecular weight excluding hydrogens is 375 g/mol. The quantitative estimate of drug-likeness (QED) is 0.762. The van der Waals surface area contributed by atoms with E-state index in [-0.39, 0.29) is 12.1 Å². The monoisotopic (exact) mass is 391 g/mol. The van der Waals surface area contributed by atoms with Crippen LogP contribution in [-0.4, -0.2) is 22.1 Å². The van der Waals surface area contributed by atoms with Gasteiger partial charge in [0.25, 0.3) is 5.91 Å². The van der Waals surface area contributed by atoms with Crippen LogP contribution in [0.1, 0.15) is 22.3 Å². The first kappa shape index (κ1) is 19.2. The number of carbonyl (C=O) groups excluding carboxylic acids is 1. The fourth-order valence-corrected chi connectivity index (χ4v) is 3.45. The molecule has 2 aromatic rings. The molecule has 1 N–H and O–H groups in total. The third-order valence-electron chi connectivity index (χ3n) is 3.89. The van der Waals surface area contributed by atoms with Crippen molar-refractivity contribution in [2.45, 2.75) is 23.4 Å². The number of hydrogen-bond acceptors (Lipinski definition) is 4. The number of nitrogens with one attached hydrogen (secondary N) is 1. The molecule has 1 aliphatic rings. The molecule has 2 heterocycles. The van der Waals surface area contributed by atoms with Gasteiger partial charge < -0.3 is 5.32 Å². The van der Waals surface area contributed by atoms with Gasteiger partial charge in [-0.25, -0.2) is 4.98 Å². The molecule has 0 aliphatic heterocycles. The van der Waals surface area contributed by atoms with Crippen molar-refractivity contribution in [2.24, 2.45) is 5.92 Å². The van der Waals surface area contributed by atoms with Crippen LogP contribution in [0.15, 0.2) is 71.8 Å². The molecule has 0 bridgehead atoms. The first-order valence-corrected chi connectivity index (χ1v) is 9.15. The summed E-state index contributed by atoms with van der Waals surface area (Å²) in [6, 6.07) is 6.95. The van der Waals surface area contributed by atoms with Crippen molar-refractivity contribution < 1.29 is 18.0 Å². The Morgan fingerprint density at radius 3 is 2.74 bits per heavy atom. The molecule has 27 heavy (non-hydrogen) atoms. The van der Waals surface area contributed by atoms with E-state index < -0.39 is 18.0 Å². The van der Waals surface area contributed by atoms with Crippen LogP contribution in [0.5, 0.6) is 0 Å². The van der Waals surface area contributed by atoms with Crippen LogP contribution in [0.25, 0.3) is 0 Å². The molecule has 4 nitrogen and oxygen atoms in total. The Bertz CT molecular complexity index is 866. The van der Waals surface area contributed by atoms with Gasteiger partial charge in [0.1, 0.15) is 5.03 Å². The maximum atomic E-state index is 12.9. The summed E-state index contributed by atoms with van der Waals surface area (Å²) in [6.07, 6.45) is 4.42. The Morgan fingerprint density at radius 1 is 1.22 bits per heavy atom. The summed E-state index contributed by atoms with van der Waals surface area (Å²) in [7, 11) is 0. The lowest BCUT2D eigenvalue weighted by atomic mass is 9.98. The number of allylic oxidation sites excluding steroid dienone is 3. The first-order chi connectivity index (χ1) is 12.9. The fourth-order valence-electron chi connectivity index (χ4n) is 2.50. The number of hydrogen-bond donors (Lipinski definition) is 1. The van der Waals surface area contributed by atoms with Gasteiger partial charge >= 0.3 is 6.18 Å². The number of halogens is 3. The highest BCUT2D eigenvalue weighted by atomic mass is 32.2. The smallest absolute Gasteiger partial charge is 0.322 e. The number of alkyl halides is 3. The highest BCUT2D eigenvalue weighted by molar-refractivity contribution is 7.98. The molecule has 1 unspecified atom stereocenters. The van der Waals surface area contributed by atoms with Gasteiger partial charge in [-0.15, -0.1) is 11.8 Å². The number of carbonyl (C=O) groups is 1. The maximum absolute atomic E-state index is 12.9. The van der Waals surface area contributed by atoms with E-state index in [2.05, 4.69) is 15.3 Å². The summed E-state index contributed by atoms with van der Waals surface area (Å²) in [6.45, 7) is 0. The molecule has 140 valence electrons. The molecule has 8 heteroatoms. The number of thioether (sulfide) groups is 1. The lowest BCUT2D eigenvalue weighted by Gasteiger charge is -2.20. The standard InChI is InChI=1S/C19H16F3N3OS/c20-19(21,22)14-3-1-4-15(11-14)25-17(26)16-5-2-8-24-18(16)27-12-13-6-9-23-10-7-13/h1-2,4-11,14H,3,12H2,(H,25,26). The van der Waals surface area contributed by atoms with Crippen molar-refractivity contribution in [3.05, 3.63) is 77.9 Å². The molecule has 0 saturated heterocycles. The summed E-state index contributed by atoms with van der Waals surface area (Å²) in [5.74, 6) is -1.48. The van der Waals surface area contributed by atoms with Gasteiger partial charge in [-0.3, -0.25) is 9.78 Å². The van der Waals surface area contributed by atoms with Crippen LogP contribution in [0.2, 0.25) is 0 Å². The van der Waals surface area contributed by atoms with Crippen LogP contribution in [0, 0.1) is 5.92 Å². The number of aromatic nitrogens is 2. The Kier molecular flexibility index (Phi) is 5.95. The van der Waals surface area contributed by atoms with Gasteiger partial charge in [0, 0.05) is 30.0 Å². The van der Waals surface area contributed by atoms with Crippen molar-refractivity contribution in [1.82, 2.24) is 15.3 Å². The minimum absolute atomic E-state index is 0.122. The van der Waals surface area contributed by atoms with Gasteiger partial charge in [-0.05, 0) is 48.4 Å². The van der Waals surface area contributed by atoms with Crippen LogP contribution >= 0.6 is 11.8 Å². The normalized spacial score (nSPS) is 16.7. The van der Waals surface area contributed by atoms with Crippen LogP contribution < -0.4 is 5.32 Å². The van der Waals surface area contributed by atoms with Crippen molar-refractivity contribution in [2.75, 3.05) is 0 Å². The summed E-state index contributed by atoms with van der Waals surface area (Å²) < 4.78 is 38.7. The van der Waals surface area contributed by atoms with E-state index in [9.17, 15) is 18.0 Å². The molecule has 0 spiro atoms. The first-order valence-electron chi connectivity index (χ1n) is 8.16. The van der Waals surface area contributed by atoms with Crippen molar-refractivity contribution in [1.29, 1.82) is 0 Å². The zero-order valence-corrected chi connectivity index (χ0v) is 14.9. The molecule has 1 amide bonds. The van der Waals surface area contributed by atoms with Gasteiger partial charge in [-0.2, -0.15) is 13.2 Å². The number of pyridine rings is 2. The van der Waals surface area contributed by atoms with Crippen LogP contribution in [0.3, 0.4) is 0 Å². The van der Waals surface area contributed by atoms with E-state index in [4.69, 9.17) is 0 Å². The molecule has 0 aromatic carbocycles. The molecule has 0 fully saturated rings. The van der Waals surface area contributed by atoms with E-state index in [0.717, 1.165) is 11.6 Å². The molecule has 3 rings (SSSR count). The number of nitrogens with zero attached hydrogens (tertiary/aromatic N) is 2. The van der Waals surface area contributed by atoms with E-state index in [0.29, 0.717) is 16.3 Å². The second-order valence-corrected chi connectivity index (χ2v) is 6.83. The zero-order chi connectivity index (χ0) is 19.3. The van der Waals surface area contributed by atoms with Crippen LogP contribution in [0.4, 0.5) is 13.2 Å². The molecule has 1 atom stereocenters. The fraction of sp³-hybridized carbons (Fsp3) is 0.211. The third kappa shape index (κ3) is 5.19. The van der Waals surface area contributed by atoms with E-state index in [1.165, 1.54) is 23.9 Å². The molecular formula is C19H16F3N3OS. The molecule has 1 aliphatic carbocycles. The Hall–Kier alpha value is -2.61. The topological polar surface area (TPSA) is 54.9 Å². The summed E-state index contributed by atoms with van der Waals surface area (Å²) in [4.78, 5) is 20.8. The second kappa shape index (κ2) is 8.39. The Balaban J connectivity index is 1.72. The van der Waals surface area contributed by atoms with Gasteiger partial charge in [0.15, 0.2) is 0 Å². The minimum Gasteiger partial charge on any atom is -0.322 e. The zero-order valence-electron chi connectivity index (χ0n) is 14.1. The summed E-state index contributed by atoms with van der Waals surface area (Å²) in [5.41, 5.74) is 1.49. The van der Waals surface area contributed by atoms with E-state index >= 15 is 0 Å². The molecule has 0 radical (unpaired) electrons. The summed E-state index contributed by atoms with van der Waals surface area (Å²) >= 11 is 1.38.